The van der Waals surface area contributed by atoms with E-state index in [2.05, 4.69) is 15.9 Å². The summed E-state index contributed by atoms with van der Waals surface area (Å²) in [4.78, 5) is 13.3. The van der Waals surface area contributed by atoms with E-state index in [1.807, 2.05) is 12.1 Å². The van der Waals surface area contributed by atoms with Gasteiger partial charge < -0.3 is 19.1 Å². The first-order valence-electron chi connectivity index (χ1n) is 6.63. The van der Waals surface area contributed by atoms with Crippen molar-refractivity contribution >= 4 is 22.0 Å². The first-order chi connectivity index (χ1) is 9.79. The monoisotopic (exact) mass is 343 g/mol. The molecule has 6 heteroatoms. The van der Waals surface area contributed by atoms with Crippen LogP contribution in [0.3, 0.4) is 0 Å². The number of hydrogen-bond donors (Lipinski definition) is 0. The number of halogens is 1. The Balaban J connectivity index is 1.74. The molecule has 1 aliphatic heterocycles. The normalized spacial score (nSPS) is 14.2. The van der Waals surface area contributed by atoms with Crippen LogP contribution in [0.2, 0.25) is 0 Å². The number of rotatable bonds is 6. The predicted octanol–water partition coefficient (Wildman–Crippen LogP) is 3.03. The van der Waals surface area contributed by atoms with Crippen LogP contribution in [0.5, 0.6) is 11.5 Å². The van der Waals surface area contributed by atoms with Crippen LogP contribution in [0.4, 0.5) is 4.79 Å². The molecule has 0 aromatic heterocycles. The molecule has 1 fully saturated rings. The molecule has 1 aromatic rings. The molecule has 0 spiro atoms. The molecule has 0 radical (unpaired) electrons. The van der Waals surface area contributed by atoms with Gasteiger partial charge in [-0.1, -0.05) is 22.0 Å². The molecule has 0 atom stereocenters. The standard InChI is InChI=1S/C14H18BrNO4/c15-6-9-18-12-4-3-5-13(10-12)19-11-20-14(17)16-7-1-2-8-16/h3-5,10H,1-2,6-9,11H2. The Morgan fingerprint density at radius 1 is 1.20 bits per heavy atom. The van der Waals surface area contributed by atoms with E-state index in [1.54, 1.807) is 17.0 Å². The number of amides is 1. The fourth-order valence-corrected chi connectivity index (χ4v) is 2.11. The number of benzene rings is 1. The maximum atomic E-state index is 11.6. The van der Waals surface area contributed by atoms with Gasteiger partial charge in [-0.15, -0.1) is 0 Å². The minimum Gasteiger partial charge on any atom is -0.493 e. The third kappa shape index (κ3) is 4.59. The van der Waals surface area contributed by atoms with Crippen LogP contribution in [0.15, 0.2) is 24.3 Å². The van der Waals surface area contributed by atoms with E-state index < -0.39 is 0 Å². The summed E-state index contributed by atoms with van der Waals surface area (Å²) in [7, 11) is 0. The molecule has 0 saturated carbocycles. The summed E-state index contributed by atoms with van der Waals surface area (Å²) in [6, 6.07) is 7.25. The minimum atomic E-state index is -0.311. The zero-order valence-corrected chi connectivity index (χ0v) is 12.8. The molecule has 1 amide bonds. The average Bonchev–Trinajstić information content (AvgIpc) is 3.00. The van der Waals surface area contributed by atoms with Gasteiger partial charge in [0.2, 0.25) is 6.79 Å². The van der Waals surface area contributed by atoms with Crippen LogP contribution < -0.4 is 9.47 Å². The lowest BCUT2D eigenvalue weighted by molar-refractivity contribution is 0.0390. The van der Waals surface area contributed by atoms with E-state index in [-0.39, 0.29) is 12.9 Å². The van der Waals surface area contributed by atoms with Crippen LogP contribution in [0.25, 0.3) is 0 Å². The highest BCUT2D eigenvalue weighted by Gasteiger charge is 2.18. The zero-order valence-electron chi connectivity index (χ0n) is 11.2. The van der Waals surface area contributed by atoms with Crippen molar-refractivity contribution in [2.75, 3.05) is 31.8 Å². The van der Waals surface area contributed by atoms with E-state index in [4.69, 9.17) is 14.2 Å². The molecule has 1 aliphatic rings. The second kappa shape index (κ2) is 7.99. The van der Waals surface area contributed by atoms with Crippen molar-refractivity contribution in [3.8, 4) is 11.5 Å². The highest BCUT2D eigenvalue weighted by Crippen LogP contribution is 2.19. The fraction of sp³-hybridized carbons (Fsp3) is 0.500. The summed E-state index contributed by atoms with van der Waals surface area (Å²) in [6.07, 6.45) is 1.78. The van der Waals surface area contributed by atoms with Crippen LogP contribution in [0.1, 0.15) is 12.8 Å². The Bertz CT molecular complexity index is 435. The molecule has 1 aromatic carbocycles. The van der Waals surface area contributed by atoms with E-state index in [9.17, 15) is 4.79 Å². The third-order valence-electron chi connectivity index (χ3n) is 2.92. The van der Waals surface area contributed by atoms with Crippen molar-refractivity contribution in [3.63, 3.8) is 0 Å². The van der Waals surface area contributed by atoms with Gasteiger partial charge in [-0.05, 0) is 25.0 Å². The maximum absolute atomic E-state index is 11.6. The van der Waals surface area contributed by atoms with Crippen LogP contribution in [0, 0.1) is 0 Å². The van der Waals surface area contributed by atoms with Gasteiger partial charge >= 0.3 is 6.09 Å². The van der Waals surface area contributed by atoms with Gasteiger partial charge in [0.05, 0.1) is 6.61 Å². The molecule has 0 N–H and O–H groups in total. The predicted molar refractivity (Wildman–Crippen MR) is 78.5 cm³/mol. The molecule has 20 heavy (non-hydrogen) atoms. The van der Waals surface area contributed by atoms with Crippen LogP contribution in [-0.4, -0.2) is 42.8 Å². The largest absolute Gasteiger partial charge is 0.493 e. The molecule has 1 saturated heterocycles. The number of carbonyl (C=O) groups is 1. The summed E-state index contributed by atoms with van der Waals surface area (Å²) < 4.78 is 15.9. The van der Waals surface area contributed by atoms with Crippen molar-refractivity contribution in [3.05, 3.63) is 24.3 Å². The van der Waals surface area contributed by atoms with Crippen molar-refractivity contribution in [2.45, 2.75) is 12.8 Å². The van der Waals surface area contributed by atoms with Gasteiger partial charge in [0.1, 0.15) is 11.5 Å². The zero-order chi connectivity index (χ0) is 14.2. The number of ether oxygens (including phenoxy) is 3. The summed E-state index contributed by atoms with van der Waals surface area (Å²) >= 11 is 3.30. The second-order valence-electron chi connectivity index (χ2n) is 4.38. The lowest BCUT2D eigenvalue weighted by Crippen LogP contribution is -2.29. The van der Waals surface area contributed by atoms with Gasteiger partial charge in [0, 0.05) is 24.5 Å². The van der Waals surface area contributed by atoms with E-state index in [0.717, 1.165) is 37.0 Å². The Labute approximate surface area is 126 Å². The van der Waals surface area contributed by atoms with Crippen LogP contribution in [-0.2, 0) is 4.74 Å². The maximum Gasteiger partial charge on any atom is 0.412 e. The number of likely N-dealkylation sites (tertiary alicyclic amines) is 1. The van der Waals surface area contributed by atoms with Gasteiger partial charge in [-0.3, -0.25) is 0 Å². The number of carbonyl (C=O) groups excluding carboxylic acids is 1. The van der Waals surface area contributed by atoms with Crippen molar-refractivity contribution < 1.29 is 19.0 Å². The van der Waals surface area contributed by atoms with Crippen molar-refractivity contribution in [1.29, 1.82) is 0 Å². The molecule has 0 aliphatic carbocycles. The molecular formula is C14H18BrNO4. The van der Waals surface area contributed by atoms with Gasteiger partial charge in [0.15, 0.2) is 0 Å². The summed E-state index contributed by atoms with van der Waals surface area (Å²) in [5.74, 6) is 1.35. The molecule has 110 valence electrons. The molecule has 5 nitrogen and oxygen atoms in total. The van der Waals surface area contributed by atoms with Gasteiger partial charge in [-0.2, -0.15) is 0 Å². The van der Waals surface area contributed by atoms with Gasteiger partial charge in [0.25, 0.3) is 0 Å². The summed E-state index contributed by atoms with van der Waals surface area (Å²) in [6.45, 7) is 2.05. The Morgan fingerprint density at radius 3 is 2.60 bits per heavy atom. The Morgan fingerprint density at radius 2 is 1.90 bits per heavy atom. The molecule has 2 rings (SSSR count). The Hall–Kier alpha value is -1.43. The number of nitrogens with zero attached hydrogens (tertiary/aromatic N) is 1. The lowest BCUT2D eigenvalue weighted by Gasteiger charge is -2.15. The number of hydrogen-bond acceptors (Lipinski definition) is 4. The van der Waals surface area contributed by atoms with Gasteiger partial charge in [-0.25, -0.2) is 4.79 Å². The average molecular weight is 344 g/mol. The van der Waals surface area contributed by atoms with E-state index in [0.29, 0.717) is 12.4 Å². The van der Waals surface area contributed by atoms with Crippen LogP contribution >= 0.6 is 15.9 Å². The summed E-state index contributed by atoms with van der Waals surface area (Å²) in [5, 5.41) is 0.769. The summed E-state index contributed by atoms with van der Waals surface area (Å²) in [5.41, 5.74) is 0. The fourth-order valence-electron chi connectivity index (χ4n) is 1.95. The second-order valence-corrected chi connectivity index (χ2v) is 5.17. The highest BCUT2D eigenvalue weighted by molar-refractivity contribution is 9.09. The quantitative estimate of drug-likeness (QED) is 0.588. The first kappa shape index (κ1) is 15.0. The van der Waals surface area contributed by atoms with E-state index in [1.165, 1.54) is 0 Å². The van der Waals surface area contributed by atoms with Crippen molar-refractivity contribution in [2.24, 2.45) is 0 Å². The highest BCUT2D eigenvalue weighted by atomic mass is 79.9. The lowest BCUT2D eigenvalue weighted by atomic mass is 10.3. The molecule has 0 bridgehead atoms. The smallest absolute Gasteiger partial charge is 0.412 e. The molecular weight excluding hydrogens is 326 g/mol. The Kier molecular flexibility index (Phi) is 5.98. The SMILES string of the molecule is O=C(OCOc1cccc(OCCBr)c1)N1CCCC1. The third-order valence-corrected chi connectivity index (χ3v) is 3.25. The topological polar surface area (TPSA) is 48.0 Å². The van der Waals surface area contributed by atoms with Crippen molar-refractivity contribution in [1.82, 2.24) is 4.90 Å². The van der Waals surface area contributed by atoms with E-state index >= 15 is 0 Å². The first-order valence-corrected chi connectivity index (χ1v) is 7.75. The minimum absolute atomic E-state index is 0.0861. The molecule has 0 unspecified atom stereocenters. The number of alkyl halides is 1. The molecule has 1 heterocycles.